The van der Waals surface area contributed by atoms with Crippen LogP contribution < -0.4 is 14.1 Å². The van der Waals surface area contributed by atoms with Crippen LogP contribution in [-0.4, -0.2) is 29.3 Å². The van der Waals surface area contributed by atoms with E-state index in [0.29, 0.717) is 17.2 Å². The number of fused-ring (bicyclic) bond motifs is 1. The van der Waals surface area contributed by atoms with Crippen molar-refractivity contribution in [2.24, 2.45) is 12.1 Å². The summed E-state index contributed by atoms with van der Waals surface area (Å²) in [4.78, 5) is 5.81. The van der Waals surface area contributed by atoms with Gasteiger partial charge in [-0.3, -0.25) is 9.88 Å². The van der Waals surface area contributed by atoms with Gasteiger partial charge in [0.25, 0.3) is 5.50 Å². The van der Waals surface area contributed by atoms with Crippen LogP contribution in [-0.2, 0) is 23.6 Å². The first-order valence-corrected chi connectivity index (χ1v) is 16.6. The number of hydrazone groups is 1. The molecule has 0 spiro atoms. The van der Waals surface area contributed by atoms with Gasteiger partial charge in [0.2, 0.25) is 0 Å². The molecule has 0 aliphatic carbocycles. The molecule has 230 valence electrons. The minimum atomic E-state index is -4.37. The lowest BCUT2D eigenvalue weighted by Gasteiger charge is -2.31. The number of nitrogens with zero attached hydrogens (tertiary/aromatic N) is 5. The lowest BCUT2D eigenvalue weighted by molar-refractivity contribution is 0.470. The predicted molar refractivity (Wildman–Crippen MR) is 183 cm³/mol. The summed E-state index contributed by atoms with van der Waals surface area (Å²) >= 11 is 0. The van der Waals surface area contributed by atoms with E-state index in [1.54, 1.807) is 23.2 Å². The first kappa shape index (κ1) is 29.3. The Morgan fingerprint density at radius 3 is 2.37 bits per heavy atom. The van der Waals surface area contributed by atoms with Crippen molar-refractivity contribution >= 4 is 38.2 Å². The third kappa shape index (κ3) is 5.73. The van der Waals surface area contributed by atoms with E-state index in [2.05, 4.69) is 48.3 Å². The van der Waals surface area contributed by atoms with E-state index in [4.69, 9.17) is 9.28 Å². The first-order valence-electron chi connectivity index (χ1n) is 15.1. The fourth-order valence-electron chi connectivity index (χ4n) is 5.94. The third-order valence-electron chi connectivity index (χ3n) is 8.23. The summed E-state index contributed by atoms with van der Waals surface area (Å²) in [7, 11) is -2.39. The van der Waals surface area contributed by atoms with Crippen LogP contribution in [0.15, 0.2) is 145 Å². The Labute approximate surface area is 268 Å². The molecule has 9 heteroatoms. The molecular weight excluding hydrogens is 595 g/mol. The van der Waals surface area contributed by atoms with Crippen LogP contribution in [0.5, 0.6) is 5.75 Å². The number of pyridine rings is 1. The lowest BCUT2D eigenvalue weighted by Crippen LogP contribution is -2.49. The molecule has 8 nitrogen and oxygen atoms in total. The second-order valence-electron chi connectivity index (χ2n) is 11.5. The molecule has 0 fully saturated rings. The minimum absolute atomic E-state index is 0.124. The van der Waals surface area contributed by atoms with Gasteiger partial charge in [0, 0.05) is 41.6 Å². The molecule has 0 N–H and O–H groups in total. The van der Waals surface area contributed by atoms with Crippen LogP contribution in [0.1, 0.15) is 29.5 Å². The van der Waals surface area contributed by atoms with E-state index in [0.717, 1.165) is 28.5 Å². The molecule has 2 unspecified atom stereocenters. The summed E-state index contributed by atoms with van der Waals surface area (Å²) < 4.78 is 36.5. The number of benzene rings is 4. The third-order valence-corrected chi connectivity index (χ3v) is 9.58. The highest BCUT2D eigenvalue weighted by Gasteiger charge is 2.47. The second kappa shape index (κ2) is 12.2. The van der Waals surface area contributed by atoms with Gasteiger partial charge in [-0.2, -0.15) is 13.5 Å². The summed E-state index contributed by atoms with van der Waals surface area (Å²) in [6.45, 7) is 2.20. The number of rotatable bonds is 9. The average molecular weight is 628 g/mol. The molecule has 0 amide bonds. The molecule has 6 aromatic rings. The number of para-hydroxylation sites is 1. The Hall–Kier alpha value is -5.41. The van der Waals surface area contributed by atoms with Crippen LogP contribution in [0.4, 0.5) is 11.4 Å². The fraction of sp³-hybridized carbons (Fsp3) is 0.135. The van der Waals surface area contributed by atoms with Crippen molar-refractivity contribution in [2.45, 2.75) is 24.8 Å². The molecule has 2 aromatic heterocycles. The molecule has 3 heterocycles. The van der Waals surface area contributed by atoms with Gasteiger partial charge in [-0.05, 0) is 78.1 Å². The molecule has 7 rings (SSSR count). The Bertz CT molecular complexity index is 2120. The van der Waals surface area contributed by atoms with E-state index in [1.165, 1.54) is 16.8 Å². The quantitative estimate of drug-likeness (QED) is 0.157. The molecule has 0 bridgehead atoms. The first-order chi connectivity index (χ1) is 22.4. The van der Waals surface area contributed by atoms with Crippen LogP contribution >= 0.6 is 0 Å². The monoisotopic (exact) mass is 627 g/mol. The van der Waals surface area contributed by atoms with E-state index in [9.17, 15) is 8.42 Å². The number of hydrogen-bond acceptors (Lipinski definition) is 7. The van der Waals surface area contributed by atoms with Gasteiger partial charge in [0.1, 0.15) is 0 Å². The standard InChI is InChI=1S/C37H33N5O3S/c1-27(23-28-11-5-3-6-12-28)29-13-9-14-31(24-29)36-39-42(32-15-7-4-8-16-32)37(46(43,44)45-34-17-10-21-38-26-34)41(36)33-18-19-35-30(25-33)20-22-40(35)2/h3-22,24-27,37H,23H2,1-2H3. The Morgan fingerprint density at radius 1 is 0.826 bits per heavy atom. The number of amidine groups is 1. The van der Waals surface area contributed by atoms with Gasteiger partial charge in [0.05, 0.1) is 11.9 Å². The van der Waals surface area contributed by atoms with Gasteiger partial charge in [-0.1, -0.05) is 73.7 Å². The van der Waals surface area contributed by atoms with Gasteiger partial charge in [0.15, 0.2) is 11.6 Å². The number of aryl methyl sites for hydroxylation is 1. The number of anilines is 2. The number of aromatic nitrogens is 2. The SMILES string of the molecule is CC(Cc1ccccc1)c1cccc(C2=NN(c3ccccc3)C(S(=O)(=O)Oc3cccnc3)N2c2ccc3c(ccn3C)c2)c1. The van der Waals surface area contributed by atoms with Crippen LogP contribution in [0, 0.1) is 0 Å². The van der Waals surface area contributed by atoms with Crippen LogP contribution in [0.25, 0.3) is 10.9 Å². The van der Waals surface area contributed by atoms with Gasteiger partial charge in [-0.15, -0.1) is 0 Å². The summed E-state index contributed by atoms with van der Waals surface area (Å²) in [6.07, 6.45) is 5.82. The molecule has 4 aromatic carbocycles. The average Bonchev–Trinajstić information content (AvgIpc) is 3.67. The Morgan fingerprint density at radius 2 is 1.61 bits per heavy atom. The zero-order valence-electron chi connectivity index (χ0n) is 25.5. The van der Waals surface area contributed by atoms with Crippen molar-refractivity contribution < 1.29 is 12.6 Å². The molecule has 2 atom stereocenters. The minimum Gasteiger partial charge on any atom is -0.378 e. The van der Waals surface area contributed by atoms with Crippen molar-refractivity contribution in [1.29, 1.82) is 0 Å². The van der Waals surface area contributed by atoms with Crippen molar-refractivity contribution in [3.63, 3.8) is 0 Å². The fourth-order valence-corrected chi connectivity index (χ4v) is 7.29. The van der Waals surface area contributed by atoms with Crippen LogP contribution in [0.2, 0.25) is 0 Å². The summed E-state index contributed by atoms with van der Waals surface area (Å²) in [6, 6.07) is 39.1. The van der Waals surface area contributed by atoms with E-state index >= 15 is 0 Å². The largest absolute Gasteiger partial charge is 0.378 e. The highest BCUT2D eigenvalue weighted by molar-refractivity contribution is 7.88. The van der Waals surface area contributed by atoms with Crippen LogP contribution in [0.3, 0.4) is 0 Å². The van der Waals surface area contributed by atoms with E-state index < -0.39 is 15.6 Å². The maximum atomic E-state index is 14.4. The Balaban J connectivity index is 1.37. The maximum Gasteiger partial charge on any atom is 0.352 e. The normalized spacial score (nSPS) is 15.6. The number of hydrogen-bond donors (Lipinski definition) is 0. The highest BCUT2D eigenvalue weighted by atomic mass is 32.2. The summed E-state index contributed by atoms with van der Waals surface area (Å²) in [5.41, 5.74) is 4.14. The van der Waals surface area contributed by atoms with Gasteiger partial charge < -0.3 is 8.75 Å². The second-order valence-corrected chi connectivity index (χ2v) is 13.0. The van der Waals surface area contributed by atoms with E-state index in [1.807, 2.05) is 90.6 Å². The van der Waals surface area contributed by atoms with Gasteiger partial charge in [-0.25, -0.2) is 5.01 Å². The maximum absolute atomic E-state index is 14.4. The summed E-state index contributed by atoms with van der Waals surface area (Å²) in [5, 5.41) is 7.54. The molecular formula is C37H33N5O3S. The zero-order valence-corrected chi connectivity index (χ0v) is 26.3. The predicted octanol–water partition coefficient (Wildman–Crippen LogP) is 7.30. The van der Waals surface area contributed by atoms with Crippen molar-refractivity contribution in [1.82, 2.24) is 9.55 Å². The molecule has 1 aliphatic rings. The Kier molecular flexibility index (Phi) is 7.76. The molecule has 1 aliphatic heterocycles. The molecule has 0 radical (unpaired) electrons. The zero-order chi connectivity index (χ0) is 31.7. The van der Waals surface area contributed by atoms with Crippen molar-refractivity contribution in [2.75, 3.05) is 9.91 Å². The molecule has 46 heavy (non-hydrogen) atoms. The molecule has 0 saturated carbocycles. The molecule has 0 saturated heterocycles. The van der Waals surface area contributed by atoms with E-state index in [-0.39, 0.29) is 11.7 Å². The van der Waals surface area contributed by atoms with Gasteiger partial charge >= 0.3 is 10.1 Å². The van der Waals surface area contributed by atoms with Crippen molar-refractivity contribution in [3.8, 4) is 5.75 Å². The summed E-state index contributed by atoms with van der Waals surface area (Å²) in [5.74, 6) is 0.840. The lowest BCUT2D eigenvalue weighted by atomic mass is 9.92. The smallest absolute Gasteiger partial charge is 0.352 e. The topological polar surface area (TPSA) is 80.0 Å². The van der Waals surface area contributed by atoms with Crippen molar-refractivity contribution in [3.05, 3.63) is 157 Å². The highest BCUT2D eigenvalue weighted by Crippen LogP contribution is 2.37.